The molecule has 0 saturated carbocycles. The van der Waals surface area contributed by atoms with Crippen LogP contribution in [0.4, 0.5) is 21.5 Å². The van der Waals surface area contributed by atoms with Crippen molar-refractivity contribution in [1.82, 2.24) is 0 Å². The molecule has 0 amide bonds. The van der Waals surface area contributed by atoms with Gasteiger partial charge >= 0.3 is 0 Å². The van der Waals surface area contributed by atoms with Crippen molar-refractivity contribution in [3.8, 4) is 0 Å². The zero-order valence-electron chi connectivity index (χ0n) is 10.8. The lowest BCUT2D eigenvalue weighted by atomic mass is 10.0. The van der Waals surface area contributed by atoms with E-state index in [1.165, 1.54) is 28.8 Å². The minimum atomic E-state index is -0.324. The molecule has 0 aromatic heterocycles. The number of hydrogen-bond acceptors (Lipinski definition) is 2. The van der Waals surface area contributed by atoms with Crippen LogP contribution in [0.1, 0.15) is 16.7 Å². The van der Waals surface area contributed by atoms with Crippen LogP contribution in [0.15, 0.2) is 30.3 Å². The molecule has 2 aromatic rings. The average Bonchev–Trinajstić information content (AvgIpc) is 2.33. The van der Waals surface area contributed by atoms with Gasteiger partial charge in [-0.1, -0.05) is 6.07 Å². The molecule has 2 nitrogen and oxygen atoms in total. The Bertz CT molecular complexity index is 591. The predicted molar refractivity (Wildman–Crippen MR) is 74.7 cm³/mol. The fourth-order valence-electron chi connectivity index (χ4n) is 1.88. The number of nitrogen functional groups attached to an aromatic ring is 1. The fraction of sp³-hybridized carbons (Fsp3) is 0.200. The molecule has 0 unspecified atom stereocenters. The van der Waals surface area contributed by atoms with E-state index >= 15 is 0 Å². The number of anilines is 3. The van der Waals surface area contributed by atoms with E-state index in [0.717, 1.165) is 11.4 Å². The number of nitrogens with two attached hydrogens (primary N) is 1. The van der Waals surface area contributed by atoms with Crippen LogP contribution >= 0.6 is 0 Å². The summed E-state index contributed by atoms with van der Waals surface area (Å²) in [5, 5.41) is 3.24. The Morgan fingerprint density at radius 3 is 2.28 bits per heavy atom. The molecule has 18 heavy (non-hydrogen) atoms. The van der Waals surface area contributed by atoms with E-state index in [9.17, 15) is 4.39 Å². The van der Waals surface area contributed by atoms with Crippen molar-refractivity contribution in [2.45, 2.75) is 20.8 Å². The maximum absolute atomic E-state index is 13.0. The monoisotopic (exact) mass is 244 g/mol. The number of halogens is 1. The van der Waals surface area contributed by atoms with Crippen LogP contribution in [0.2, 0.25) is 0 Å². The van der Waals surface area contributed by atoms with Gasteiger partial charge in [0.1, 0.15) is 5.82 Å². The fourth-order valence-corrected chi connectivity index (χ4v) is 1.88. The Morgan fingerprint density at radius 2 is 1.61 bits per heavy atom. The lowest BCUT2D eigenvalue weighted by Gasteiger charge is -2.14. The van der Waals surface area contributed by atoms with E-state index in [1.54, 1.807) is 6.07 Å². The second-order valence-corrected chi connectivity index (χ2v) is 4.54. The van der Waals surface area contributed by atoms with Crippen molar-refractivity contribution in [2.24, 2.45) is 0 Å². The van der Waals surface area contributed by atoms with Gasteiger partial charge in [0.15, 0.2) is 0 Å². The van der Waals surface area contributed by atoms with Crippen LogP contribution in [0.3, 0.4) is 0 Å². The van der Waals surface area contributed by atoms with E-state index in [0.29, 0.717) is 5.69 Å². The van der Waals surface area contributed by atoms with Gasteiger partial charge in [0, 0.05) is 5.69 Å². The topological polar surface area (TPSA) is 38.0 Å². The first-order chi connectivity index (χ1) is 8.49. The summed E-state index contributed by atoms with van der Waals surface area (Å²) in [6, 6.07) is 8.44. The summed E-state index contributed by atoms with van der Waals surface area (Å²) < 4.78 is 13.0. The van der Waals surface area contributed by atoms with Gasteiger partial charge in [-0.15, -0.1) is 0 Å². The molecule has 2 aromatic carbocycles. The molecule has 0 spiro atoms. The van der Waals surface area contributed by atoms with Gasteiger partial charge in [0.25, 0.3) is 0 Å². The highest BCUT2D eigenvalue weighted by atomic mass is 19.1. The van der Waals surface area contributed by atoms with Gasteiger partial charge in [-0.2, -0.15) is 0 Å². The number of nitrogens with one attached hydrogen (secondary N) is 1. The van der Waals surface area contributed by atoms with Gasteiger partial charge in [-0.05, 0) is 61.7 Å². The van der Waals surface area contributed by atoms with Crippen molar-refractivity contribution in [2.75, 3.05) is 11.1 Å². The Kier molecular flexibility index (Phi) is 3.24. The normalized spacial score (nSPS) is 10.4. The lowest BCUT2D eigenvalue weighted by molar-refractivity contribution is 0.628. The zero-order valence-corrected chi connectivity index (χ0v) is 10.8. The van der Waals surface area contributed by atoms with E-state index in [1.807, 2.05) is 6.07 Å². The Labute approximate surface area is 107 Å². The Morgan fingerprint density at radius 1 is 0.944 bits per heavy atom. The van der Waals surface area contributed by atoms with Gasteiger partial charge in [0.2, 0.25) is 0 Å². The molecule has 0 aliphatic carbocycles. The number of rotatable bonds is 2. The quantitative estimate of drug-likeness (QED) is 0.781. The molecule has 94 valence electrons. The molecule has 0 heterocycles. The second-order valence-electron chi connectivity index (χ2n) is 4.54. The van der Waals surface area contributed by atoms with E-state index in [4.69, 9.17) is 5.73 Å². The number of aryl methyl sites for hydroxylation is 1. The SMILES string of the molecule is Cc1ccc(Nc2ccc(F)cc2N)c(C)c1C. The third-order valence-electron chi connectivity index (χ3n) is 3.34. The first-order valence-corrected chi connectivity index (χ1v) is 5.88. The number of hydrogen-bond donors (Lipinski definition) is 2. The molecule has 0 atom stereocenters. The maximum atomic E-state index is 13.0. The standard InChI is InChI=1S/C15H17FN2/c1-9-4-6-14(11(3)10(9)2)18-15-7-5-12(16)8-13(15)17/h4-8,18H,17H2,1-3H3. The lowest BCUT2D eigenvalue weighted by Crippen LogP contribution is -2.00. The summed E-state index contributed by atoms with van der Waals surface area (Å²) in [7, 11) is 0. The van der Waals surface area contributed by atoms with Crippen LogP contribution in [-0.4, -0.2) is 0 Å². The summed E-state index contributed by atoms with van der Waals surface area (Å²) in [4.78, 5) is 0. The second kappa shape index (κ2) is 4.69. The Hall–Kier alpha value is -2.03. The largest absolute Gasteiger partial charge is 0.397 e. The smallest absolute Gasteiger partial charge is 0.125 e. The van der Waals surface area contributed by atoms with Crippen LogP contribution < -0.4 is 11.1 Å². The Balaban J connectivity index is 2.37. The maximum Gasteiger partial charge on any atom is 0.125 e. The third-order valence-corrected chi connectivity index (χ3v) is 3.34. The zero-order chi connectivity index (χ0) is 13.3. The highest BCUT2D eigenvalue weighted by Gasteiger charge is 2.06. The van der Waals surface area contributed by atoms with E-state index < -0.39 is 0 Å². The van der Waals surface area contributed by atoms with E-state index in [-0.39, 0.29) is 5.82 Å². The van der Waals surface area contributed by atoms with Crippen LogP contribution in [0.25, 0.3) is 0 Å². The molecular weight excluding hydrogens is 227 g/mol. The minimum Gasteiger partial charge on any atom is -0.397 e. The summed E-state index contributed by atoms with van der Waals surface area (Å²) in [5.41, 5.74) is 11.6. The molecule has 3 heteroatoms. The van der Waals surface area contributed by atoms with Crippen molar-refractivity contribution >= 4 is 17.1 Å². The summed E-state index contributed by atoms with van der Waals surface area (Å²) in [6.07, 6.45) is 0. The predicted octanol–water partition coefficient (Wildman–Crippen LogP) is 4.08. The molecule has 0 aliphatic heterocycles. The molecular formula is C15H17FN2. The molecule has 0 aliphatic rings. The average molecular weight is 244 g/mol. The molecule has 2 rings (SSSR count). The first kappa shape index (κ1) is 12.4. The van der Waals surface area contributed by atoms with Gasteiger partial charge in [0.05, 0.1) is 11.4 Å². The van der Waals surface area contributed by atoms with Crippen LogP contribution in [0.5, 0.6) is 0 Å². The molecule has 0 radical (unpaired) electrons. The molecule has 0 bridgehead atoms. The molecule has 0 saturated heterocycles. The summed E-state index contributed by atoms with van der Waals surface area (Å²) in [5.74, 6) is -0.324. The van der Waals surface area contributed by atoms with Crippen LogP contribution in [-0.2, 0) is 0 Å². The van der Waals surface area contributed by atoms with Gasteiger partial charge in [-0.25, -0.2) is 4.39 Å². The molecule has 3 N–H and O–H groups in total. The van der Waals surface area contributed by atoms with Crippen molar-refractivity contribution in [3.63, 3.8) is 0 Å². The van der Waals surface area contributed by atoms with Gasteiger partial charge in [-0.3, -0.25) is 0 Å². The third kappa shape index (κ3) is 2.30. The first-order valence-electron chi connectivity index (χ1n) is 5.88. The highest BCUT2D eigenvalue weighted by molar-refractivity contribution is 5.74. The van der Waals surface area contributed by atoms with Crippen molar-refractivity contribution in [3.05, 3.63) is 52.8 Å². The van der Waals surface area contributed by atoms with Crippen molar-refractivity contribution in [1.29, 1.82) is 0 Å². The van der Waals surface area contributed by atoms with E-state index in [2.05, 4.69) is 32.2 Å². The number of benzene rings is 2. The van der Waals surface area contributed by atoms with Gasteiger partial charge < -0.3 is 11.1 Å². The highest BCUT2D eigenvalue weighted by Crippen LogP contribution is 2.28. The molecule has 0 fully saturated rings. The minimum absolute atomic E-state index is 0.324. The van der Waals surface area contributed by atoms with Crippen molar-refractivity contribution < 1.29 is 4.39 Å². The van der Waals surface area contributed by atoms with Crippen LogP contribution in [0, 0.1) is 26.6 Å². The summed E-state index contributed by atoms with van der Waals surface area (Å²) in [6.45, 7) is 6.23. The summed E-state index contributed by atoms with van der Waals surface area (Å²) >= 11 is 0.